The first-order valence-electron chi connectivity index (χ1n) is 10.3. The molecule has 0 aromatic rings. The van der Waals surface area contributed by atoms with E-state index in [4.69, 9.17) is 4.74 Å². The maximum Gasteiger partial charge on any atom is 0.234 e. The summed E-state index contributed by atoms with van der Waals surface area (Å²) in [5.41, 5.74) is 0.313. The first kappa shape index (κ1) is 18.2. The summed E-state index contributed by atoms with van der Waals surface area (Å²) in [6, 6.07) is 0.412. The van der Waals surface area contributed by atoms with Gasteiger partial charge in [-0.3, -0.25) is 9.69 Å². The van der Waals surface area contributed by atoms with E-state index in [9.17, 15) is 4.79 Å². The largest absolute Gasteiger partial charge is 0.381 e. The molecule has 1 amide bonds. The van der Waals surface area contributed by atoms with Crippen molar-refractivity contribution in [2.24, 2.45) is 5.41 Å². The summed E-state index contributed by atoms with van der Waals surface area (Å²) in [5.74, 6) is 0.240. The van der Waals surface area contributed by atoms with E-state index >= 15 is 0 Å². The average Bonchev–Trinajstić information content (AvgIpc) is 2.91. The van der Waals surface area contributed by atoms with E-state index in [0.29, 0.717) is 24.1 Å². The summed E-state index contributed by atoms with van der Waals surface area (Å²) >= 11 is 0. The maximum absolute atomic E-state index is 12.5. The lowest BCUT2D eigenvalue weighted by molar-refractivity contribution is -0.124. The van der Waals surface area contributed by atoms with Crippen LogP contribution in [0.15, 0.2) is 0 Å². The number of ether oxygens (including phenoxy) is 1. The minimum absolute atomic E-state index is 0.240. The molecule has 1 heterocycles. The summed E-state index contributed by atoms with van der Waals surface area (Å²) in [5, 5.41) is 3.33. The molecular weight excluding hydrogens is 300 g/mol. The van der Waals surface area contributed by atoms with Crippen LogP contribution in [0.3, 0.4) is 0 Å². The quantitative estimate of drug-likeness (QED) is 0.854. The molecule has 3 fully saturated rings. The molecule has 4 nitrogen and oxygen atoms in total. The van der Waals surface area contributed by atoms with Crippen molar-refractivity contribution < 1.29 is 9.53 Å². The van der Waals surface area contributed by atoms with Gasteiger partial charge >= 0.3 is 0 Å². The number of amides is 1. The van der Waals surface area contributed by atoms with Gasteiger partial charge in [0.1, 0.15) is 0 Å². The van der Waals surface area contributed by atoms with Crippen molar-refractivity contribution >= 4 is 5.91 Å². The monoisotopic (exact) mass is 336 g/mol. The van der Waals surface area contributed by atoms with Gasteiger partial charge < -0.3 is 10.1 Å². The van der Waals surface area contributed by atoms with Crippen LogP contribution in [0.5, 0.6) is 0 Å². The van der Waals surface area contributed by atoms with Gasteiger partial charge in [-0.15, -0.1) is 0 Å². The second-order valence-electron chi connectivity index (χ2n) is 8.40. The minimum Gasteiger partial charge on any atom is -0.381 e. The van der Waals surface area contributed by atoms with E-state index < -0.39 is 0 Å². The number of carbonyl (C=O) groups excluding carboxylic acids is 1. The Bertz CT molecular complexity index is 406. The van der Waals surface area contributed by atoms with Gasteiger partial charge in [0.2, 0.25) is 5.91 Å². The lowest BCUT2D eigenvalue weighted by atomic mass is 9.76. The molecule has 24 heavy (non-hydrogen) atoms. The van der Waals surface area contributed by atoms with Crippen LogP contribution in [-0.4, -0.2) is 49.7 Å². The van der Waals surface area contributed by atoms with E-state index in [1.165, 1.54) is 77.0 Å². The Morgan fingerprint density at radius 1 is 1.04 bits per heavy atom. The summed E-state index contributed by atoms with van der Waals surface area (Å²) in [6.07, 6.45) is 15.5. The number of piperidine rings is 1. The third kappa shape index (κ3) is 4.51. The fraction of sp³-hybridized carbons (Fsp3) is 0.950. The molecule has 3 rings (SSSR count). The van der Waals surface area contributed by atoms with Gasteiger partial charge in [0, 0.05) is 25.1 Å². The van der Waals surface area contributed by atoms with E-state index in [1.807, 2.05) is 7.11 Å². The van der Waals surface area contributed by atoms with Crippen LogP contribution in [-0.2, 0) is 9.53 Å². The molecule has 0 unspecified atom stereocenters. The van der Waals surface area contributed by atoms with Crippen molar-refractivity contribution in [3.63, 3.8) is 0 Å². The van der Waals surface area contributed by atoms with E-state index in [-0.39, 0.29) is 5.91 Å². The lowest BCUT2D eigenvalue weighted by Crippen LogP contribution is -2.51. The highest BCUT2D eigenvalue weighted by atomic mass is 16.5. The molecule has 2 atom stereocenters. The molecule has 1 N–H and O–H groups in total. The first-order chi connectivity index (χ1) is 11.7. The number of likely N-dealkylation sites (tertiary alicyclic amines) is 1. The Balaban J connectivity index is 1.48. The van der Waals surface area contributed by atoms with Crippen LogP contribution in [0, 0.1) is 5.41 Å². The smallest absolute Gasteiger partial charge is 0.234 e. The fourth-order valence-corrected chi connectivity index (χ4v) is 5.41. The molecule has 2 aliphatic carbocycles. The number of rotatable bonds is 4. The van der Waals surface area contributed by atoms with E-state index in [0.717, 1.165) is 13.1 Å². The Kier molecular flexibility index (Phi) is 6.56. The molecule has 3 aliphatic rings. The highest BCUT2D eigenvalue weighted by molar-refractivity contribution is 5.78. The Morgan fingerprint density at radius 2 is 1.75 bits per heavy atom. The Labute approximate surface area is 147 Å². The summed E-state index contributed by atoms with van der Waals surface area (Å²) in [4.78, 5) is 14.9. The van der Waals surface area contributed by atoms with Crippen LogP contribution < -0.4 is 5.32 Å². The molecule has 1 saturated heterocycles. The summed E-state index contributed by atoms with van der Waals surface area (Å²) in [6.45, 7) is 2.69. The molecule has 138 valence electrons. The van der Waals surface area contributed by atoms with E-state index in [1.54, 1.807) is 0 Å². The van der Waals surface area contributed by atoms with Crippen LogP contribution >= 0.6 is 0 Å². The van der Waals surface area contributed by atoms with Crippen molar-refractivity contribution in [1.82, 2.24) is 10.2 Å². The van der Waals surface area contributed by atoms with Gasteiger partial charge in [0.05, 0.1) is 12.6 Å². The van der Waals surface area contributed by atoms with Crippen molar-refractivity contribution in [2.75, 3.05) is 26.7 Å². The molecule has 1 spiro atoms. The second kappa shape index (κ2) is 8.66. The number of methoxy groups -OCH3 is 1. The molecule has 4 heteroatoms. The highest BCUT2D eigenvalue weighted by Crippen LogP contribution is 2.46. The topological polar surface area (TPSA) is 41.6 Å². The Hall–Kier alpha value is -0.610. The summed E-state index contributed by atoms with van der Waals surface area (Å²) < 4.78 is 5.78. The lowest BCUT2D eigenvalue weighted by Gasteiger charge is -2.43. The molecule has 0 radical (unpaired) electrons. The zero-order valence-electron chi connectivity index (χ0n) is 15.5. The zero-order chi connectivity index (χ0) is 16.8. The number of hydrogen-bond acceptors (Lipinski definition) is 3. The van der Waals surface area contributed by atoms with Crippen molar-refractivity contribution in [1.29, 1.82) is 0 Å². The Morgan fingerprint density at radius 3 is 2.50 bits per heavy atom. The molecule has 2 saturated carbocycles. The third-order valence-electron chi connectivity index (χ3n) is 6.63. The standard InChI is InChI=1S/C20H36N2O2/c1-24-18-11-7-12-20(18)13-8-14-22(16-20)15-19(23)21-17-9-5-3-2-4-6-10-17/h17-18H,2-16H2,1H3,(H,21,23)/t18-,20+/m1/s1. The molecule has 0 aromatic heterocycles. The average molecular weight is 337 g/mol. The van der Waals surface area contributed by atoms with E-state index in [2.05, 4.69) is 10.2 Å². The third-order valence-corrected chi connectivity index (χ3v) is 6.63. The number of hydrogen-bond donors (Lipinski definition) is 1. The van der Waals surface area contributed by atoms with Crippen LogP contribution in [0.4, 0.5) is 0 Å². The van der Waals surface area contributed by atoms with Gasteiger partial charge in [0.15, 0.2) is 0 Å². The highest BCUT2D eigenvalue weighted by Gasteiger charge is 2.45. The van der Waals surface area contributed by atoms with Gasteiger partial charge in [-0.25, -0.2) is 0 Å². The fourth-order valence-electron chi connectivity index (χ4n) is 5.41. The van der Waals surface area contributed by atoms with Gasteiger partial charge in [-0.05, 0) is 45.1 Å². The zero-order valence-corrected chi connectivity index (χ0v) is 15.5. The molecule has 0 bridgehead atoms. The SMILES string of the molecule is CO[C@@H]1CCC[C@@]12CCCN(CC(=O)NC1CCCCCCC1)C2. The number of nitrogens with zero attached hydrogens (tertiary/aromatic N) is 1. The maximum atomic E-state index is 12.5. The van der Waals surface area contributed by atoms with Gasteiger partial charge in [-0.1, -0.05) is 38.5 Å². The normalized spacial score (nSPS) is 33.3. The summed E-state index contributed by atoms with van der Waals surface area (Å²) in [7, 11) is 1.86. The predicted molar refractivity (Wildman–Crippen MR) is 97.0 cm³/mol. The molecule has 0 aromatic carbocycles. The van der Waals surface area contributed by atoms with Crippen molar-refractivity contribution in [2.45, 2.75) is 89.2 Å². The second-order valence-corrected chi connectivity index (χ2v) is 8.40. The van der Waals surface area contributed by atoms with Crippen molar-refractivity contribution in [3.8, 4) is 0 Å². The van der Waals surface area contributed by atoms with Gasteiger partial charge in [0.25, 0.3) is 0 Å². The minimum atomic E-state index is 0.240. The molecule has 1 aliphatic heterocycles. The van der Waals surface area contributed by atoms with Gasteiger partial charge in [-0.2, -0.15) is 0 Å². The number of carbonyl (C=O) groups is 1. The van der Waals surface area contributed by atoms with Crippen molar-refractivity contribution in [3.05, 3.63) is 0 Å². The van der Waals surface area contributed by atoms with Crippen LogP contribution in [0.2, 0.25) is 0 Å². The molecular formula is C20H36N2O2. The van der Waals surface area contributed by atoms with Crippen LogP contribution in [0.25, 0.3) is 0 Å². The first-order valence-corrected chi connectivity index (χ1v) is 10.3. The van der Waals surface area contributed by atoms with Crippen LogP contribution in [0.1, 0.15) is 77.0 Å². The predicted octanol–water partition coefficient (Wildman–Crippen LogP) is 3.50. The number of nitrogens with one attached hydrogen (secondary N) is 1.